The van der Waals surface area contributed by atoms with Crippen LogP contribution in [-0.2, 0) is 20.1 Å². The normalized spacial score (nSPS) is 11.0. The Morgan fingerprint density at radius 2 is 1.81 bits per heavy atom. The summed E-state index contributed by atoms with van der Waals surface area (Å²) in [6.45, 7) is 6.28. The third kappa shape index (κ3) is 4.27. The summed E-state index contributed by atoms with van der Waals surface area (Å²) in [6, 6.07) is 13.5. The van der Waals surface area contributed by atoms with Gasteiger partial charge in [-0.15, -0.1) is 11.3 Å². The smallest absolute Gasteiger partial charge is 0.277 e. The number of thiazole rings is 1. The Morgan fingerprint density at radius 3 is 2.50 bits per heavy atom. The molecule has 0 bridgehead atoms. The van der Waals surface area contributed by atoms with Crippen LogP contribution >= 0.6 is 11.3 Å². The highest BCUT2D eigenvalue weighted by Gasteiger charge is 2.25. The number of hydrogen-bond donors (Lipinski definition) is 0. The number of carbonyl (C=O) groups excluding carboxylic acids is 1. The lowest BCUT2D eigenvalue weighted by atomic mass is 10.1. The van der Waals surface area contributed by atoms with Crippen molar-refractivity contribution >= 4 is 17.2 Å². The van der Waals surface area contributed by atoms with Crippen LogP contribution < -0.4 is 5.56 Å². The molecule has 0 aliphatic rings. The second-order valence-corrected chi connectivity index (χ2v) is 8.67. The van der Waals surface area contributed by atoms with Crippen LogP contribution in [-0.4, -0.2) is 25.6 Å². The summed E-state index contributed by atoms with van der Waals surface area (Å²) in [5.74, 6) is 0.554. The molecule has 4 aromatic rings. The number of aromatic nitrogens is 3. The monoisotopic (exact) mass is 448 g/mol. The number of benzene rings is 1. The number of carbonyl (C=O) groups is 1. The van der Waals surface area contributed by atoms with Crippen molar-refractivity contribution in [1.29, 1.82) is 0 Å². The summed E-state index contributed by atoms with van der Waals surface area (Å²) in [5, 5.41) is 4.77. The maximum Gasteiger partial charge on any atom is 0.277 e. The quantitative estimate of drug-likeness (QED) is 0.440. The highest BCUT2D eigenvalue weighted by Crippen LogP contribution is 2.30. The minimum atomic E-state index is -0.224. The predicted molar refractivity (Wildman–Crippen MR) is 124 cm³/mol. The van der Waals surface area contributed by atoms with Crippen molar-refractivity contribution in [2.75, 3.05) is 0 Å². The van der Waals surface area contributed by atoms with Crippen LogP contribution in [0.2, 0.25) is 0 Å². The molecule has 0 saturated carbocycles. The Kier molecular flexibility index (Phi) is 6.05. The highest BCUT2D eigenvalue weighted by molar-refractivity contribution is 7.17. The van der Waals surface area contributed by atoms with Gasteiger partial charge in [-0.25, -0.2) is 9.67 Å². The van der Waals surface area contributed by atoms with Crippen molar-refractivity contribution in [2.45, 2.75) is 33.9 Å². The van der Waals surface area contributed by atoms with E-state index in [9.17, 15) is 9.59 Å². The average molecular weight is 449 g/mol. The molecule has 0 saturated heterocycles. The molecule has 1 amide bonds. The van der Waals surface area contributed by atoms with Crippen molar-refractivity contribution in [3.63, 3.8) is 0 Å². The van der Waals surface area contributed by atoms with Gasteiger partial charge in [0, 0.05) is 13.6 Å². The standard InChI is InChI=1S/C24H24N4O3S/c1-15-16(2)26-27(4)23(29)20(15)22-25-17(3)21(32-22)24(30)28(14-19-11-8-12-31-19)13-18-9-6-5-7-10-18/h5-12H,13-14H2,1-4H3. The van der Waals surface area contributed by atoms with E-state index in [2.05, 4.69) is 10.1 Å². The Hall–Kier alpha value is -3.52. The van der Waals surface area contributed by atoms with Crippen LogP contribution in [0.25, 0.3) is 10.6 Å². The van der Waals surface area contributed by atoms with Gasteiger partial charge in [-0.05, 0) is 44.0 Å². The van der Waals surface area contributed by atoms with Gasteiger partial charge in [-0.2, -0.15) is 5.10 Å². The first-order valence-electron chi connectivity index (χ1n) is 10.2. The third-order valence-electron chi connectivity index (χ3n) is 5.36. The fraction of sp³-hybridized carbons (Fsp3) is 0.250. The number of hydrogen-bond acceptors (Lipinski definition) is 6. The van der Waals surface area contributed by atoms with Crippen LogP contribution in [0.5, 0.6) is 0 Å². The first kappa shape index (κ1) is 21.7. The molecule has 8 heteroatoms. The van der Waals surface area contributed by atoms with Gasteiger partial charge in [0.25, 0.3) is 11.5 Å². The van der Waals surface area contributed by atoms with Crippen LogP contribution in [0.15, 0.2) is 57.9 Å². The molecule has 0 N–H and O–H groups in total. The van der Waals surface area contributed by atoms with E-state index in [-0.39, 0.29) is 11.5 Å². The minimum absolute atomic E-state index is 0.147. The van der Waals surface area contributed by atoms with Crippen molar-refractivity contribution in [3.05, 3.63) is 92.2 Å². The summed E-state index contributed by atoms with van der Waals surface area (Å²) >= 11 is 1.24. The molecular formula is C24H24N4O3S. The van der Waals surface area contributed by atoms with Crippen molar-refractivity contribution < 1.29 is 9.21 Å². The summed E-state index contributed by atoms with van der Waals surface area (Å²) in [6.07, 6.45) is 1.60. The second-order valence-electron chi connectivity index (χ2n) is 7.67. The Morgan fingerprint density at radius 1 is 1.06 bits per heavy atom. The molecule has 3 heterocycles. The molecule has 164 valence electrons. The lowest BCUT2D eigenvalue weighted by Crippen LogP contribution is -2.29. The highest BCUT2D eigenvalue weighted by atomic mass is 32.1. The topological polar surface area (TPSA) is 81.2 Å². The molecular weight excluding hydrogens is 424 g/mol. The van der Waals surface area contributed by atoms with Gasteiger partial charge < -0.3 is 9.32 Å². The zero-order valence-electron chi connectivity index (χ0n) is 18.5. The average Bonchev–Trinajstić information content (AvgIpc) is 3.42. The first-order valence-corrected chi connectivity index (χ1v) is 11.0. The molecule has 1 aromatic carbocycles. The van der Waals surface area contributed by atoms with E-state index < -0.39 is 0 Å². The van der Waals surface area contributed by atoms with Crippen LogP contribution in [0.3, 0.4) is 0 Å². The van der Waals surface area contributed by atoms with E-state index >= 15 is 0 Å². The molecule has 0 atom stereocenters. The minimum Gasteiger partial charge on any atom is -0.467 e. The lowest BCUT2D eigenvalue weighted by molar-refractivity contribution is 0.0721. The van der Waals surface area contributed by atoms with Crippen LogP contribution in [0, 0.1) is 20.8 Å². The van der Waals surface area contributed by atoms with Crippen molar-refractivity contribution in [3.8, 4) is 10.6 Å². The molecule has 32 heavy (non-hydrogen) atoms. The molecule has 7 nitrogen and oxygen atoms in total. The Balaban J connectivity index is 1.72. The van der Waals surface area contributed by atoms with Crippen molar-refractivity contribution in [2.24, 2.45) is 7.05 Å². The second kappa shape index (κ2) is 8.92. The van der Waals surface area contributed by atoms with E-state index in [1.165, 1.54) is 16.0 Å². The fourth-order valence-corrected chi connectivity index (χ4v) is 4.67. The number of amides is 1. The van der Waals surface area contributed by atoms with Gasteiger partial charge in [-0.1, -0.05) is 30.3 Å². The Bertz CT molecular complexity index is 1310. The summed E-state index contributed by atoms with van der Waals surface area (Å²) in [5.41, 5.74) is 3.42. The molecule has 0 radical (unpaired) electrons. The number of furan rings is 1. The Labute approximate surface area is 190 Å². The number of rotatable bonds is 6. The summed E-state index contributed by atoms with van der Waals surface area (Å²) in [7, 11) is 1.62. The van der Waals surface area contributed by atoms with E-state index in [1.54, 1.807) is 31.2 Å². The molecule has 4 rings (SSSR count). The third-order valence-corrected chi connectivity index (χ3v) is 6.52. The summed E-state index contributed by atoms with van der Waals surface area (Å²) < 4.78 is 6.81. The van der Waals surface area contributed by atoms with E-state index in [0.717, 1.165) is 16.8 Å². The zero-order valence-corrected chi connectivity index (χ0v) is 19.3. The SMILES string of the molecule is Cc1nc(-c2c(C)c(C)nn(C)c2=O)sc1C(=O)N(Cc1ccccc1)Cc1ccco1. The zero-order chi connectivity index (χ0) is 22.8. The number of aryl methyl sites for hydroxylation is 3. The maximum atomic E-state index is 13.6. The molecule has 0 spiro atoms. The molecule has 0 aliphatic heterocycles. The molecule has 0 fully saturated rings. The summed E-state index contributed by atoms with van der Waals surface area (Å²) in [4.78, 5) is 33.2. The van der Waals surface area contributed by atoms with Gasteiger partial charge in [0.15, 0.2) is 0 Å². The van der Waals surface area contributed by atoms with Crippen LogP contribution in [0.1, 0.15) is 37.9 Å². The van der Waals surface area contributed by atoms with E-state index in [0.29, 0.717) is 40.0 Å². The molecule has 0 unspecified atom stereocenters. The predicted octanol–water partition coefficient (Wildman–Crippen LogP) is 4.26. The van der Waals surface area contributed by atoms with Gasteiger partial charge in [0.1, 0.15) is 15.6 Å². The van der Waals surface area contributed by atoms with Gasteiger partial charge in [0.2, 0.25) is 0 Å². The first-order chi connectivity index (χ1) is 15.3. The largest absolute Gasteiger partial charge is 0.467 e. The molecule has 0 aliphatic carbocycles. The van der Waals surface area contributed by atoms with Gasteiger partial charge >= 0.3 is 0 Å². The maximum absolute atomic E-state index is 13.6. The van der Waals surface area contributed by atoms with Gasteiger partial charge in [-0.3, -0.25) is 9.59 Å². The fourth-order valence-electron chi connectivity index (χ4n) is 3.54. The van der Waals surface area contributed by atoms with E-state index in [4.69, 9.17) is 4.42 Å². The van der Waals surface area contributed by atoms with Crippen molar-refractivity contribution in [1.82, 2.24) is 19.7 Å². The molecule has 3 aromatic heterocycles. The van der Waals surface area contributed by atoms with Crippen LogP contribution in [0.4, 0.5) is 0 Å². The van der Waals surface area contributed by atoms with Gasteiger partial charge in [0.05, 0.1) is 29.8 Å². The number of nitrogens with zero attached hydrogens (tertiary/aromatic N) is 4. The lowest BCUT2D eigenvalue weighted by Gasteiger charge is -2.21. The van der Waals surface area contributed by atoms with E-state index in [1.807, 2.05) is 50.2 Å².